The number of fused-ring (bicyclic) bond motifs is 1. The van der Waals surface area contributed by atoms with Crippen LogP contribution < -0.4 is 5.43 Å². The van der Waals surface area contributed by atoms with Crippen LogP contribution in [0.15, 0.2) is 22.8 Å². The molecule has 1 aromatic heterocycles. The molecule has 24 heavy (non-hydrogen) atoms. The topological polar surface area (TPSA) is 41.5 Å². The first-order chi connectivity index (χ1) is 11.7. The fourth-order valence-electron chi connectivity index (χ4n) is 3.59. The summed E-state index contributed by atoms with van der Waals surface area (Å²) in [4.78, 5) is 14.6. The molecular weight excluding hydrogens is 316 g/mol. The molecule has 130 valence electrons. The SMILES string of the molecule is CCCCCC1=CCCC1=NNC(=O)c1cc2c(s1)CC[C@H](C)C2. The summed E-state index contributed by atoms with van der Waals surface area (Å²) in [6.45, 7) is 4.51. The van der Waals surface area contributed by atoms with Crippen LogP contribution >= 0.6 is 11.3 Å². The highest BCUT2D eigenvalue weighted by Crippen LogP contribution is 2.32. The first-order valence-corrected chi connectivity index (χ1v) is 10.2. The van der Waals surface area contributed by atoms with Crippen molar-refractivity contribution in [1.82, 2.24) is 5.43 Å². The first-order valence-electron chi connectivity index (χ1n) is 9.35. The summed E-state index contributed by atoms with van der Waals surface area (Å²) in [5, 5.41) is 4.44. The highest BCUT2D eigenvalue weighted by Gasteiger charge is 2.21. The van der Waals surface area contributed by atoms with Crippen molar-refractivity contribution in [3.05, 3.63) is 33.0 Å². The molecule has 0 aliphatic heterocycles. The number of hydrogen-bond acceptors (Lipinski definition) is 3. The van der Waals surface area contributed by atoms with Gasteiger partial charge in [-0.2, -0.15) is 5.10 Å². The second-order valence-corrected chi connectivity index (χ2v) is 8.27. The fraction of sp³-hybridized carbons (Fsp3) is 0.600. The minimum Gasteiger partial charge on any atom is -0.266 e. The lowest BCUT2D eigenvalue weighted by Gasteiger charge is -2.16. The van der Waals surface area contributed by atoms with Gasteiger partial charge in [0.2, 0.25) is 0 Å². The summed E-state index contributed by atoms with van der Waals surface area (Å²) in [6, 6.07) is 2.08. The van der Waals surface area contributed by atoms with Gasteiger partial charge in [0.05, 0.1) is 10.6 Å². The van der Waals surface area contributed by atoms with E-state index in [0.717, 1.165) is 48.6 Å². The molecule has 0 aromatic carbocycles. The Morgan fingerprint density at radius 3 is 3.08 bits per heavy atom. The Labute approximate surface area is 149 Å². The van der Waals surface area contributed by atoms with Crippen LogP contribution in [0.25, 0.3) is 0 Å². The molecule has 0 unspecified atom stereocenters. The Morgan fingerprint density at radius 2 is 2.25 bits per heavy atom. The molecule has 2 aliphatic carbocycles. The molecule has 4 heteroatoms. The molecule has 3 nitrogen and oxygen atoms in total. The predicted molar refractivity (Wildman–Crippen MR) is 102 cm³/mol. The van der Waals surface area contributed by atoms with E-state index in [1.807, 2.05) is 0 Å². The van der Waals surface area contributed by atoms with Crippen molar-refractivity contribution in [3.63, 3.8) is 0 Å². The summed E-state index contributed by atoms with van der Waals surface area (Å²) < 4.78 is 0. The van der Waals surface area contributed by atoms with Gasteiger partial charge in [-0.25, -0.2) is 5.43 Å². The Bertz CT molecular complexity index is 657. The normalized spacial score (nSPS) is 21.7. The number of amides is 1. The smallest absolute Gasteiger partial charge is 0.266 e. The number of aryl methyl sites for hydroxylation is 1. The number of carbonyl (C=O) groups is 1. The Balaban J connectivity index is 1.60. The van der Waals surface area contributed by atoms with Crippen LogP contribution in [0.5, 0.6) is 0 Å². The Morgan fingerprint density at radius 1 is 1.38 bits per heavy atom. The third kappa shape index (κ3) is 4.15. The van der Waals surface area contributed by atoms with Gasteiger partial charge in [-0.15, -0.1) is 11.3 Å². The van der Waals surface area contributed by atoms with Gasteiger partial charge in [0.25, 0.3) is 5.91 Å². The summed E-state index contributed by atoms with van der Waals surface area (Å²) >= 11 is 1.65. The zero-order valence-electron chi connectivity index (χ0n) is 14.9. The molecule has 0 saturated carbocycles. The van der Waals surface area contributed by atoms with Crippen molar-refractivity contribution in [2.75, 3.05) is 0 Å². The molecule has 0 spiro atoms. The van der Waals surface area contributed by atoms with E-state index in [4.69, 9.17) is 0 Å². The van der Waals surface area contributed by atoms with Crippen molar-refractivity contribution >= 4 is 23.0 Å². The van der Waals surface area contributed by atoms with Gasteiger partial charge >= 0.3 is 0 Å². The van der Waals surface area contributed by atoms with Gasteiger partial charge in [-0.05, 0) is 68.1 Å². The van der Waals surface area contributed by atoms with Crippen LogP contribution in [0.2, 0.25) is 0 Å². The second kappa shape index (κ2) is 8.11. The maximum absolute atomic E-state index is 12.4. The number of allylic oxidation sites excluding steroid dienone is 2. The molecule has 1 amide bonds. The van der Waals surface area contributed by atoms with Crippen molar-refractivity contribution in [2.24, 2.45) is 11.0 Å². The quantitative estimate of drug-likeness (QED) is 0.555. The minimum atomic E-state index is -0.0469. The molecule has 0 bridgehead atoms. The van der Waals surface area contributed by atoms with E-state index in [-0.39, 0.29) is 5.91 Å². The maximum Gasteiger partial charge on any atom is 0.281 e. The second-order valence-electron chi connectivity index (χ2n) is 7.13. The average molecular weight is 345 g/mol. The standard InChI is InChI=1S/C20H28N2OS/c1-3-4-5-7-15-8-6-9-17(15)21-22-20(23)19-13-16-12-14(2)10-11-18(16)24-19/h8,13-14H,3-7,9-12H2,1-2H3,(H,22,23)/t14-/m0/s1. The summed E-state index contributed by atoms with van der Waals surface area (Å²) in [5.41, 5.74) is 6.59. The van der Waals surface area contributed by atoms with Gasteiger partial charge < -0.3 is 0 Å². The number of carbonyl (C=O) groups excluding carboxylic acids is 1. The van der Waals surface area contributed by atoms with Crippen molar-refractivity contribution in [1.29, 1.82) is 0 Å². The van der Waals surface area contributed by atoms with Crippen LogP contribution in [0.1, 0.15) is 78.9 Å². The van der Waals surface area contributed by atoms with E-state index in [2.05, 4.69) is 36.5 Å². The number of thiophene rings is 1. The van der Waals surface area contributed by atoms with Crippen LogP contribution in [-0.4, -0.2) is 11.6 Å². The molecule has 1 atom stereocenters. The zero-order valence-corrected chi connectivity index (χ0v) is 15.7. The summed E-state index contributed by atoms with van der Waals surface area (Å²) in [5.74, 6) is 0.687. The van der Waals surface area contributed by atoms with Gasteiger partial charge in [-0.1, -0.05) is 32.8 Å². The lowest BCUT2D eigenvalue weighted by molar-refractivity contribution is 0.0958. The largest absolute Gasteiger partial charge is 0.281 e. The molecule has 2 aliphatic rings. The van der Waals surface area contributed by atoms with Crippen molar-refractivity contribution < 1.29 is 4.79 Å². The molecule has 1 heterocycles. The maximum atomic E-state index is 12.4. The predicted octanol–water partition coefficient (Wildman–Crippen LogP) is 5.26. The van der Waals surface area contributed by atoms with Gasteiger partial charge in [0.15, 0.2) is 0 Å². The van der Waals surface area contributed by atoms with Crippen molar-refractivity contribution in [3.8, 4) is 0 Å². The van der Waals surface area contributed by atoms with Gasteiger partial charge in [0.1, 0.15) is 0 Å². The molecule has 0 radical (unpaired) electrons. The lowest BCUT2D eigenvalue weighted by atomic mass is 9.90. The summed E-state index contributed by atoms with van der Waals surface area (Å²) in [6.07, 6.45) is 12.6. The van der Waals surface area contributed by atoms with Crippen LogP contribution in [0.4, 0.5) is 0 Å². The van der Waals surface area contributed by atoms with E-state index in [1.54, 1.807) is 11.3 Å². The zero-order chi connectivity index (χ0) is 16.9. The Kier molecular flexibility index (Phi) is 5.88. The first kappa shape index (κ1) is 17.4. The van der Waals surface area contributed by atoms with Gasteiger partial charge in [-0.3, -0.25) is 4.79 Å². The van der Waals surface area contributed by atoms with Crippen LogP contribution in [0, 0.1) is 5.92 Å². The van der Waals surface area contributed by atoms with Crippen LogP contribution in [0.3, 0.4) is 0 Å². The van der Waals surface area contributed by atoms with E-state index < -0.39 is 0 Å². The van der Waals surface area contributed by atoms with E-state index in [1.165, 1.54) is 41.7 Å². The lowest BCUT2D eigenvalue weighted by Crippen LogP contribution is -2.18. The highest BCUT2D eigenvalue weighted by molar-refractivity contribution is 7.14. The number of nitrogens with zero attached hydrogens (tertiary/aromatic N) is 1. The molecule has 1 aromatic rings. The molecule has 0 fully saturated rings. The number of hydrogen-bond donors (Lipinski definition) is 1. The van der Waals surface area contributed by atoms with E-state index in [0.29, 0.717) is 0 Å². The third-order valence-corrected chi connectivity index (χ3v) is 6.27. The molecule has 1 N–H and O–H groups in total. The average Bonchev–Trinajstić information content (AvgIpc) is 3.19. The third-order valence-electron chi connectivity index (χ3n) is 5.04. The number of rotatable bonds is 6. The minimum absolute atomic E-state index is 0.0469. The summed E-state index contributed by atoms with van der Waals surface area (Å²) in [7, 11) is 0. The van der Waals surface area contributed by atoms with Crippen molar-refractivity contribution in [2.45, 2.75) is 71.6 Å². The number of unbranched alkanes of at least 4 members (excludes halogenated alkanes) is 2. The van der Waals surface area contributed by atoms with Gasteiger partial charge in [0, 0.05) is 4.88 Å². The molecular formula is C20H28N2OS. The fourth-order valence-corrected chi connectivity index (χ4v) is 4.69. The van der Waals surface area contributed by atoms with E-state index >= 15 is 0 Å². The Hall–Kier alpha value is -1.42. The monoisotopic (exact) mass is 344 g/mol. The van der Waals surface area contributed by atoms with Crippen LogP contribution in [-0.2, 0) is 12.8 Å². The number of hydrazone groups is 1. The molecule has 3 rings (SSSR count). The highest BCUT2D eigenvalue weighted by atomic mass is 32.1. The number of nitrogens with one attached hydrogen (secondary N) is 1. The van der Waals surface area contributed by atoms with E-state index in [9.17, 15) is 4.79 Å². The molecule has 0 saturated heterocycles.